The second-order valence-corrected chi connectivity index (χ2v) is 7.70. The fraction of sp³-hybridized carbons (Fsp3) is 0.500. The molecule has 0 bridgehead atoms. The van der Waals surface area contributed by atoms with Gasteiger partial charge in [0.1, 0.15) is 30.2 Å². The molecule has 0 unspecified atom stereocenters. The number of nitrogens with two attached hydrogens (primary N) is 1. The minimum absolute atomic E-state index is 0.0401. The van der Waals surface area contributed by atoms with E-state index >= 15 is 0 Å². The Balaban J connectivity index is 1.94. The lowest BCUT2D eigenvalue weighted by Gasteiger charge is -2.18. The molecule has 27 heavy (non-hydrogen) atoms. The maximum absolute atomic E-state index is 11.0. The molecule has 150 valence electrons. The highest BCUT2D eigenvalue weighted by atomic mass is 32.3. The summed E-state index contributed by atoms with van der Waals surface area (Å²) in [6, 6.07) is 0. The molecule has 17 heteroatoms. The maximum Gasteiger partial charge on any atom is 0.469 e. The smallest absolute Gasteiger partial charge is 0.385 e. The van der Waals surface area contributed by atoms with Crippen molar-refractivity contribution in [2.75, 3.05) is 12.3 Å². The molecule has 2 aromatic rings. The van der Waals surface area contributed by atoms with Crippen LogP contribution in [0.1, 0.15) is 6.23 Å². The highest BCUT2D eigenvalue weighted by molar-refractivity contribution is 7.80. The first-order chi connectivity index (χ1) is 12.5. The summed E-state index contributed by atoms with van der Waals surface area (Å²) in [5, 5.41) is 10.4. The summed E-state index contributed by atoms with van der Waals surface area (Å²) in [5.41, 5.74) is 5.97. The molecule has 1 aliphatic heterocycles. The van der Waals surface area contributed by atoms with Crippen molar-refractivity contribution >= 4 is 35.2 Å². The number of hydrogen-bond donors (Lipinski definition) is 5. The highest BCUT2D eigenvalue weighted by Gasteiger charge is 2.49. The molecular weight excluding hydrogens is 413 g/mol. The van der Waals surface area contributed by atoms with Gasteiger partial charge in [0.25, 0.3) is 0 Å². The van der Waals surface area contributed by atoms with Crippen LogP contribution in [-0.2, 0) is 28.4 Å². The quantitative estimate of drug-likeness (QED) is 0.247. The molecule has 0 aliphatic carbocycles. The Bertz CT molecular complexity index is 991. The molecule has 2 aromatic heterocycles. The summed E-state index contributed by atoms with van der Waals surface area (Å²) < 4.78 is 57.2. The van der Waals surface area contributed by atoms with E-state index in [0.717, 1.165) is 6.33 Å². The largest absolute Gasteiger partial charge is 0.469 e. The number of fused-ring (bicyclic) bond motifs is 1. The van der Waals surface area contributed by atoms with Gasteiger partial charge in [-0.25, -0.2) is 23.7 Å². The Morgan fingerprint density at radius 1 is 1.33 bits per heavy atom. The summed E-state index contributed by atoms with van der Waals surface area (Å²) in [6.45, 7) is -0.845. The van der Waals surface area contributed by atoms with Gasteiger partial charge in [-0.1, -0.05) is 0 Å². The van der Waals surface area contributed by atoms with Crippen LogP contribution in [0.3, 0.4) is 0 Å². The fourth-order valence-corrected chi connectivity index (χ4v) is 3.43. The van der Waals surface area contributed by atoms with Gasteiger partial charge in [-0.3, -0.25) is 13.6 Å². The minimum Gasteiger partial charge on any atom is -0.385 e. The average molecular weight is 427 g/mol. The van der Waals surface area contributed by atoms with E-state index in [0.29, 0.717) is 0 Å². The van der Waals surface area contributed by atoms with E-state index in [4.69, 9.17) is 24.8 Å². The standard InChI is InChI=1S/C10H14N5O10PS/c11-8-5-9(13-2-12-8)15(3-14-5)10-6(16)7(25-27(20,21)22)4(24-10)1-23-26(17,18)19/h2-4,6-7,10,16H,1H2,(H2,11,12,13)(H2,17,18,19)(H,20,21,22)/t4-,6-,7-,10-/m1/s1. The molecule has 0 saturated carbocycles. The lowest BCUT2D eigenvalue weighted by Crippen LogP contribution is -2.38. The van der Waals surface area contributed by atoms with Crippen molar-refractivity contribution in [1.29, 1.82) is 0 Å². The van der Waals surface area contributed by atoms with E-state index in [1.165, 1.54) is 10.9 Å². The van der Waals surface area contributed by atoms with E-state index < -0.39 is 49.4 Å². The van der Waals surface area contributed by atoms with E-state index in [1.54, 1.807) is 0 Å². The van der Waals surface area contributed by atoms with Crippen LogP contribution >= 0.6 is 7.82 Å². The Kier molecular flexibility index (Phi) is 5.19. The summed E-state index contributed by atoms with van der Waals surface area (Å²) >= 11 is 0. The first-order valence-electron chi connectivity index (χ1n) is 7.08. The number of ether oxygens (including phenoxy) is 1. The molecule has 1 fully saturated rings. The number of nitrogen functional groups attached to an aromatic ring is 1. The zero-order chi connectivity index (χ0) is 20.0. The van der Waals surface area contributed by atoms with Gasteiger partial charge >= 0.3 is 18.2 Å². The SMILES string of the molecule is Nc1ncnc2c1ncn2[C@@H]1O[C@H](COP(=O)(O)O)[C@@H](OS(=O)(=O)O)[C@H]1O. The number of hydrogen-bond acceptors (Lipinski definition) is 11. The van der Waals surface area contributed by atoms with Gasteiger partial charge in [-0.05, 0) is 0 Å². The van der Waals surface area contributed by atoms with Gasteiger partial charge in [-0.15, -0.1) is 0 Å². The molecule has 3 heterocycles. The van der Waals surface area contributed by atoms with Crippen LogP contribution in [0.5, 0.6) is 0 Å². The van der Waals surface area contributed by atoms with Gasteiger partial charge < -0.3 is 25.4 Å². The number of nitrogens with zero attached hydrogens (tertiary/aromatic N) is 4. The van der Waals surface area contributed by atoms with E-state index in [2.05, 4.69) is 23.7 Å². The first-order valence-corrected chi connectivity index (χ1v) is 9.98. The van der Waals surface area contributed by atoms with Crippen LogP contribution in [0.15, 0.2) is 12.7 Å². The van der Waals surface area contributed by atoms with Gasteiger partial charge in [0.2, 0.25) is 0 Å². The Hall–Kier alpha value is -1.75. The van der Waals surface area contributed by atoms with Crippen molar-refractivity contribution in [1.82, 2.24) is 19.5 Å². The maximum atomic E-state index is 11.0. The summed E-state index contributed by atoms with van der Waals surface area (Å²) in [6.07, 6.45) is -3.98. The second kappa shape index (κ2) is 7.01. The van der Waals surface area contributed by atoms with Crippen molar-refractivity contribution in [2.45, 2.75) is 24.5 Å². The van der Waals surface area contributed by atoms with Crippen molar-refractivity contribution < 1.29 is 45.9 Å². The van der Waals surface area contributed by atoms with Crippen LogP contribution in [0.25, 0.3) is 11.2 Å². The third-order valence-corrected chi connectivity index (χ3v) is 4.56. The van der Waals surface area contributed by atoms with Crippen molar-refractivity contribution in [3.63, 3.8) is 0 Å². The number of aromatic nitrogens is 4. The average Bonchev–Trinajstić information content (AvgIpc) is 3.07. The number of aliphatic hydroxyl groups excluding tert-OH is 1. The Morgan fingerprint density at radius 3 is 2.67 bits per heavy atom. The zero-order valence-electron chi connectivity index (χ0n) is 13.1. The zero-order valence-corrected chi connectivity index (χ0v) is 14.8. The van der Waals surface area contributed by atoms with Crippen LogP contribution < -0.4 is 5.73 Å². The Morgan fingerprint density at radius 2 is 2.04 bits per heavy atom. The van der Waals surface area contributed by atoms with Gasteiger partial charge in [0.05, 0.1) is 12.9 Å². The predicted molar refractivity (Wildman–Crippen MR) is 84.1 cm³/mol. The topological polar surface area (TPSA) is 229 Å². The van der Waals surface area contributed by atoms with Crippen molar-refractivity contribution in [3.05, 3.63) is 12.7 Å². The molecule has 0 spiro atoms. The molecule has 3 rings (SSSR count). The number of rotatable bonds is 6. The molecule has 6 N–H and O–H groups in total. The van der Waals surface area contributed by atoms with Crippen LogP contribution in [0, 0.1) is 0 Å². The first kappa shape index (κ1) is 20.0. The number of imidazole rings is 1. The predicted octanol–water partition coefficient (Wildman–Crippen LogP) is -2.04. The number of anilines is 1. The molecule has 15 nitrogen and oxygen atoms in total. The second-order valence-electron chi connectivity index (χ2n) is 5.41. The van der Waals surface area contributed by atoms with Gasteiger partial charge in [-0.2, -0.15) is 8.42 Å². The number of phosphoric acid groups is 1. The summed E-state index contributed by atoms with van der Waals surface area (Å²) in [7, 11) is -9.96. The third-order valence-electron chi connectivity index (χ3n) is 3.61. The molecular formula is C10H14N5O10PS. The monoisotopic (exact) mass is 427 g/mol. The lowest BCUT2D eigenvalue weighted by molar-refractivity contribution is -0.0497. The molecule has 0 aromatic carbocycles. The molecule has 0 amide bonds. The van der Waals surface area contributed by atoms with Crippen molar-refractivity contribution in [3.8, 4) is 0 Å². The lowest BCUT2D eigenvalue weighted by atomic mass is 10.1. The van der Waals surface area contributed by atoms with Gasteiger partial charge in [0, 0.05) is 0 Å². The van der Waals surface area contributed by atoms with E-state index in [-0.39, 0.29) is 17.0 Å². The highest BCUT2D eigenvalue weighted by Crippen LogP contribution is 2.39. The molecule has 1 saturated heterocycles. The molecule has 1 aliphatic rings. The Labute approximate surface area is 150 Å². The van der Waals surface area contributed by atoms with Crippen LogP contribution in [-0.4, -0.2) is 72.3 Å². The normalized spacial score (nSPS) is 26.7. The third kappa shape index (κ3) is 4.40. The van der Waals surface area contributed by atoms with Gasteiger partial charge in [0.15, 0.2) is 17.7 Å². The molecule has 0 radical (unpaired) electrons. The number of phosphoric ester groups is 1. The van der Waals surface area contributed by atoms with Crippen LogP contribution in [0.4, 0.5) is 5.82 Å². The summed E-state index contributed by atoms with van der Waals surface area (Å²) in [5.74, 6) is 0.0401. The fourth-order valence-electron chi connectivity index (χ4n) is 2.57. The number of aliphatic hydroxyl groups is 1. The van der Waals surface area contributed by atoms with Crippen LogP contribution in [0.2, 0.25) is 0 Å². The van der Waals surface area contributed by atoms with E-state index in [1.807, 2.05) is 0 Å². The minimum atomic E-state index is -5.03. The molecule has 4 atom stereocenters. The van der Waals surface area contributed by atoms with E-state index in [9.17, 15) is 18.1 Å². The van der Waals surface area contributed by atoms with Crippen molar-refractivity contribution in [2.24, 2.45) is 0 Å². The summed E-state index contributed by atoms with van der Waals surface area (Å²) in [4.78, 5) is 29.3.